The van der Waals surface area contributed by atoms with Crippen LogP contribution in [0.2, 0.25) is 0 Å². The summed E-state index contributed by atoms with van der Waals surface area (Å²) in [6, 6.07) is 115. The Morgan fingerprint density at radius 1 is 0.194 bits per heavy atom. The Morgan fingerprint density at radius 2 is 0.473 bits per heavy atom. The van der Waals surface area contributed by atoms with Crippen LogP contribution in [0.25, 0.3) is 144 Å². The molecular weight excluding hydrogens is 1120 g/mol. The van der Waals surface area contributed by atoms with Crippen LogP contribution < -0.4 is 0 Å². The zero-order valence-corrected chi connectivity index (χ0v) is 52.3. The molecule has 2 aromatic heterocycles. The Kier molecular flexibility index (Phi) is 10.7. The molecule has 2 heterocycles. The molecule has 14 aromatic carbocycles. The molecule has 0 aliphatic heterocycles. The maximum Gasteiger partial charge on any atom is 0.0725 e. The van der Waals surface area contributed by atoms with Gasteiger partial charge in [-0.2, -0.15) is 0 Å². The fraction of sp³-hybridized carbons (Fsp3) is 0.0769. The highest BCUT2D eigenvalue weighted by atomic mass is 15.0. The SMILES string of the molecule is CC1(C)c2ccccc2-c2ccc(-n3c4ccccc4c4cc(-c5ccc(-c6ccc7c(c6)C6(c8ccccc8-c8ccccc86)c6cc(-c8ccc(-c9ccc%10c(c9)c9ccccc9n%10-c9ccc%10c(c9)C(C)(C)c9ccccc9-%10)cc8)ccc6-7)cc5)ccc43)cc21. The molecule has 0 amide bonds. The van der Waals surface area contributed by atoms with Crippen LogP contribution in [-0.2, 0) is 16.2 Å². The van der Waals surface area contributed by atoms with Crippen molar-refractivity contribution >= 4 is 43.6 Å². The van der Waals surface area contributed by atoms with Gasteiger partial charge in [-0.1, -0.05) is 258 Å². The molecule has 0 unspecified atom stereocenters. The largest absolute Gasteiger partial charge is 0.309 e. The van der Waals surface area contributed by atoms with E-state index in [1.807, 2.05) is 0 Å². The van der Waals surface area contributed by atoms with Crippen LogP contribution in [0.5, 0.6) is 0 Å². The van der Waals surface area contributed by atoms with Crippen molar-refractivity contribution in [2.75, 3.05) is 0 Å². The van der Waals surface area contributed by atoms with Crippen LogP contribution >= 0.6 is 0 Å². The van der Waals surface area contributed by atoms with Crippen molar-refractivity contribution in [2.45, 2.75) is 43.9 Å². The van der Waals surface area contributed by atoms with Gasteiger partial charge in [0, 0.05) is 43.7 Å². The van der Waals surface area contributed by atoms with Gasteiger partial charge in [0.15, 0.2) is 0 Å². The topological polar surface area (TPSA) is 9.86 Å². The highest BCUT2D eigenvalue weighted by Gasteiger charge is 2.52. The lowest BCUT2D eigenvalue weighted by molar-refractivity contribution is 0.660. The van der Waals surface area contributed by atoms with Crippen LogP contribution in [0.3, 0.4) is 0 Å². The molecule has 0 radical (unpaired) electrons. The van der Waals surface area contributed by atoms with Gasteiger partial charge in [0.25, 0.3) is 0 Å². The van der Waals surface area contributed by atoms with Crippen molar-refractivity contribution in [2.24, 2.45) is 0 Å². The number of para-hydroxylation sites is 2. The van der Waals surface area contributed by atoms with Crippen molar-refractivity contribution < 1.29 is 0 Å². The Labute approximate surface area is 541 Å². The van der Waals surface area contributed by atoms with Crippen LogP contribution in [-0.4, -0.2) is 9.13 Å². The van der Waals surface area contributed by atoms with E-state index >= 15 is 0 Å². The number of fused-ring (bicyclic) bond motifs is 22. The van der Waals surface area contributed by atoms with Gasteiger partial charge in [-0.25, -0.2) is 0 Å². The maximum atomic E-state index is 2.51. The van der Waals surface area contributed by atoms with Crippen LogP contribution in [0, 0.1) is 0 Å². The molecular formula is C91H62N2. The summed E-state index contributed by atoms with van der Waals surface area (Å²) in [6.07, 6.45) is 0. The summed E-state index contributed by atoms with van der Waals surface area (Å²) in [6.45, 7) is 9.46. The quantitative estimate of drug-likeness (QED) is 0.157. The number of nitrogens with zero attached hydrogens (tertiary/aromatic N) is 2. The molecule has 16 aromatic rings. The average molecular weight is 1180 g/mol. The average Bonchev–Trinajstić information content (AvgIpc) is 1.51. The Morgan fingerprint density at radius 3 is 0.882 bits per heavy atom. The first-order valence-electron chi connectivity index (χ1n) is 32.9. The number of rotatable bonds is 6. The van der Waals surface area contributed by atoms with E-state index < -0.39 is 5.41 Å². The lowest BCUT2D eigenvalue weighted by atomic mass is 9.70. The van der Waals surface area contributed by atoms with Crippen molar-refractivity contribution in [3.63, 3.8) is 0 Å². The normalized spacial score (nSPS) is 14.5. The molecule has 0 saturated heterocycles. The van der Waals surface area contributed by atoms with E-state index in [0.717, 1.165) is 0 Å². The van der Waals surface area contributed by atoms with Gasteiger partial charge in [-0.15, -0.1) is 0 Å². The van der Waals surface area contributed by atoms with E-state index in [1.54, 1.807) is 0 Å². The second-order valence-electron chi connectivity index (χ2n) is 27.5. The van der Waals surface area contributed by atoms with Gasteiger partial charge in [0.2, 0.25) is 0 Å². The molecule has 4 aliphatic carbocycles. The van der Waals surface area contributed by atoms with E-state index in [4.69, 9.17) is 0 Å². The zero-order valence-electron chi connectivity index (χ0n) is 52.3. The van der Waals surface area contributed by atoms with Gasteiger partial charge >= 0.3 is 0 Å². The minimum absolute atomic E-state index is 0.0809. The molecule has 0 saturated carbocycles. The fourth-order valence-electron chi connectivity index (χ4n) is 17.7. The molecule has 0 atom stereocenters. The molecule has 4 aliphatic rings. The van der Waals surface area contributed by atoms with Gasteiger partial charge in [-0.3, -0.25) is 0 Å². The summed E-state index contributed by atoms with van der Waals surface area (Å²) in [7, 11) is 0. The summed E-state index contributed by atoms with van der Waals surface area (Å²) in [5, 5.41) is 5.03. The van der Waals surface area contributed by atoms with E-state index in [1.165, 1.54) is 189 Å². The van der Waals surface area contributed by atoms with E-state index in [9.17, 15) is 0 Å². The monoisotopic (exact) mass is 1180 g/mol. The first-order valence-corrected chi connectivity index (χ1v) is 32.9. The minimum atomic E-state index is -0.505. The molecule has 93 heavy (non-hydrogen) atoms. The second-order valence-corrected chi connectivity index (χ2v) is 27.5. The van der Waals surface area contributed by atoms with Crippen molar-refractivity contribution in [3.05, 3.63) is 348 Å². The molecule has 0 N–H and O–H groups in total. The molecule has 0 fully saturated rings. The van der Waals surface area contributed by atoms with Crippen LogP contribution in [0.4, 0.5) is 0 Å². The van der Waals surface area contributed by atoms with Gasteiger partial charge < -0.3 is 9.13 Å². The predicted molar refractivity (Wildman–Crippen MR) is 388 cm³/mol. The summed E-state index contributed by atoms with van der Waals surface area (Å²) >= 11 is 0. The summed E-state index contributed by atoms with van der Waals surface area (Å²) in [5.41, 5.74) is 37.7. The number of hydrogen-bond donors (Lipinski definition) is 0. The summed E-state index contributed by atoms with van der Waals surface area (Å²) < 4.78 is 4.93. The molecule has 20 rings (SSSR count). The maximum absolute atomic E-state index is 2.51. The molecule has 2 heteroatoms. The molecule has 2 nitrogen and oxygen atoms in total. The van der Waals surface area contributed by atoms with E-state index in [2.05, 4.69) is 340 Å². The summed E-state index contributed by atoms with van der Waals surface area (Å²) in [5.74, 6) is 0. The van der Waals surface area contributed by atoms with Crippen LogP contribution in [0.15, 0.2) is 303 Å². The highest BCUT2D eigenvalue weighted by Crippen LogP contribution is 2.64. The molecule has 436 valence electrons. The summed E-state index contributed by atoms with van der Waals surface area (Å²) in [4.78, 5) is 0. The first-order chi connectivity index (χ1) is 45.6. The number of benzene rings is 14. The van der Waals surface area contributed by atoms with Crippen molar-refractivity contribution in [1.29, 1.82) is 0 Å². The van der Waals surface area contributed by atoms with Crippen molar-refractivity contribution in [3.8, 4) is 100 Å². The van der Waals surface area contributed by atoms with Crippen LogP contribution in [0.1, 0.15) is 72.2 Å². The minimum Gasteiger partial charge on any atom is -0.309 e. The second kappa shape index (κ2) is 18.9. The fourth-order valence-corrected chi connectivity index (χ4v) is 17.7. The van der Waals surface area contributed by atoms with Gasteiger partial charge in [0.05, 0.1) is 27.5 Å². The van der Waals surface area contributed by atoms with E-state index in [-0.39, 0.29) is 10.8 Å². The third-order valence-corrected chi connectivity index (χ3v) is 22.2. The standard InChI is InChI=1S/C91H62N2/c1-89(2)77-23-11-5-17-65(77)69-45-41-63(53-81(69)89)92-85-27-15-9-21-73(85)75-49-59(39-47-87(75)92)55-29-33-57(34-30-55)61-37-43-71-72-44-38-62(52-84(72)91(83(71)51-61)79-25-13-7-19-67(79)68-20-8-14-26-80(68)91)58-35-31-56(32-36-58)60-40-48-88-76(50-60)74-22-10-16-28-86(74)93(88)64-42-46-70-66-18-6-12-24-78(66)90(3,4)82(70)54-64/h5-54H,1-4H3. The third kappa shape index (κ3) is 7.13. The van der Waals surface area contributed by atoms with Gasteiger partial charge in [0.1, 0.15) is 0 Å². The Hall–Kier alpha value is -11.3. The number of aromatic nitrogens is 2. The first kappa shape index (κ1) is 52.5. The Balaban J connectivity index is 0.642. The Bertz CT molecular complexity index is 5550. The number of hydrogen-bond acceptors (Lipinski definition) is 0. The highest BCUT2D eigenvalue weighted by molar-refractivity contribution is 6.12. The molecule has 1 spiro atoms. The van der Waals surface area contributed by atoms with E-state index in [0.29, 0.717) is 0 Å². The zero-order chi connectivity index (χ0) is 61.6. The van der Waals surface area contributed by atoms with Gasteiger partial charge in [-0.05, 0) is 206 Å². The van der Waals surface area contributed by atoms with Crippen molar-refractivity contribution in [1.82, 2.24) is 9.13 Å². The third-order valence-electron chi connectivity index (χ3n) is 22.2. The lowest BCUT2D eigenvalue weighted by Crippen LogP contribution is -2.26. The lowest BCUT2D eigenvalue weighted by Gasteiger charge is -2.31. The molecule has 0 bridgehead atoms. The smallest absolute Gasteiger partial charge is 0.0725 e. The predicted octanol–water partition coefficient (Wildman–Crippen LogP) is 23.5.